The SMILES string of the molecule is CCOC(=O)C(C)CCC1CCN(CC(=O)c2ccc3c(c2)Nc2nccnc2S3)CC1. The third kappa shape index (κ3) is 5.48. The Morgan fingerprint density at radius 2 is 2.03 bits per heavy atom. The van der Waals surface area contributed by atoms with E-state index in [4.69, 9.17) is 4.74 Å². The fourth-order valence-corrected chi connectivity index (χ4v) is 5.10. The maximum Gasteiger partial charge on any atom is 0.308 e. The molecule has 0 aliphatic carbocycles. The van der Waals surface area contributed by atoms with Gasteiger partial charge >= 0.3 is 5.97 Å². The van der Waals surface area contributed by atoms with Crippen LogP contribution in [-0.4, -0.2) is 52.9 Å². The van der Waals surface area contributed by atoms with Crippen LogP contribution in [0.15, 0.2) is 40.5 Å². The second-order valence-electron chi connectivity index (χ2n) is 8.52. The van der Waals surface area contributed by atoms with E-state index in [2.05, 4.69) is 20.2 Å². The minimum absolute atomic E-state index is 0.0386. The highest BCUT2D eigenvalue weighted by atomic mass is 32.2. The van der Waals surface area contributed by atoms with Gasteiger partial charge in [0.2, 0.25) is 0 Å². The molecule has 0 saturated carbocycles. The van der Waals surface area contributed by atoms with E-state index in [0.29, 0.717) is 19.1 Å². The number of aromatic nitrogens is 2. The van der Waals surface area contributed by atoms with Crippen LogP contribution in [0.1, 0.15) is 49.9 Å². The summed E-state index contributed by atoms with van der Waals surface area (Å²) in [6, 6.07) is 5.81. The molecule has 3 heterocycles. The number of carbonyl (C=O) groups excluding carboxylic acids is 2. The number of likely N-dealkylation sites (tertiary alicyclic amines) is 1. The molecule has 4 rings (SSSR count). The molecule has 0 bridgehead atoms. The number of nitrogens with one attached hydrogen (secondary N) is 1. The third-order valence-electron chi connectivity index (χ3n) is 6.20. The van der Waals surface area contributed by atoms with Crippen molar-refractivity contribution >= 4 is 35.0 Å². The van der Waals surface area contributed by atoms with E-state index in [1.807, 2.05) is 32.0 Å². The Hall–Kier alpha value is -2.45. The predicted molar refractivity (Wildman–Crippen MR) is 124 cm³/mol. The first-order valence-electron chi connectivity index (χ1n) is 11.4. The van der Waals surface area contributed by atoms with Crippen LogP contribution in [0, 0.1) is 11.8 Å². The van der Waals surface area contributed by atoms with Crippen LogP contribution in [0.25, 0.3) is 0 Å². The van der Waals surface area contributed by atoms with Gasteiger partial charge in [0.15, 0.2) is 11.6 Å². The van der Waals surface area contributed by atoms with E-state index >= 15 is 0 Å². The van der Waals surface area contributed by atoms with Crippen LogP contribution >= 0.6 is 11.8 Å². The van der Waals surface area contributed by atoms with E-state index in [1.165, 1.54) is 0 Å². The molecule has 170 valence electrons. The molecule has 0 spiro atoms. The summed E-state index contributed by atoms with van der Waals surface area (Å²) in [6.07, 6.45) is 7.39. The van der Waals surface area contributed by atoms with Gasteiger partial charge in [-0.25, -0.2) is 9.97 Å². The Morgan fingerprint density at radius 1 is 1.25 bits per heavy atom. The number of esters is 1. The lowest BCUT2D eigenvalue weighted by Gasteiger charge is -2.31. The largest absolute Gasteiger partial charge is 0.466 e. The number of anilines is 2. The Kier molecular flexibility index (Phi) is 7.42. The molecule has 32 heavy (non-hydrogen) atoms. The molecule has 1 unspecified atom stereocenters. The van der Waals surface area contributed by atoms with Crippen molar-refractivity contribution in [1.29, 1.82) is 0 Å². The molecular formula is C24H30N4O3S. The van der Waals surface area contributed by atoms with Crippen LogP contribution < -0.4 is 5.32 Å². The average molecular weight is 455 g/mol. The smallest absolute Gasteiger partial charge is 0.308 e. The summed E-state index contributed by atoms with van der Waals surface area (Å²) in [5.41, 5.74) is 1.62. The van der Waals surface area contributed by atoms with Gasteiger partial charge in [-0.3, -0.25) is 14.5 Å². The normalized spacial score (nSPS) is 17.1. The molecule has 0 radical (unpaired) electrons. The maximum atomic E-state index is 12.9. The zero-order valence-corrected chi connectivity index (χ0v) is 19.5. The standard InChI is InChI=1S/C24H30N4O3S/c1-3-31-24(30)16(2)4-5-17-8-12-28(13-9-17)15-20(29)18-6-7-21-19(14-18)27-22-23(32-21)26-11-10-25-22/h6-7,10-11,14,16-17H,3-5,8-9,12-13,15H2,1-2H3,(H,25,27). The zero-order chi connectivity index (χ0) is 22.5. The number of nitrogens with zero attached hydrogens (tertiary/aromatic N) is 3. The van der Waals surface area contributed by atoms with Gasteiger partial charge in [0, 0.05) is 22.9 Å². The summed E-state index contributed by atoms with van der Waals surface area (Å²) in [4.78, 5) is 36.7. The van der Waals surface area contributed by atoms with E-state index in [-0.39, 0.29) is 17.7 Å². The number of carbonyl (C=O) groups is 2. The van der Waals surface area contributed by atoms with Gasteiger partial charge in [0.05, 0.1) is 24.8 Å². The van der Waals surface area contributed by atoms with Crippen molar-refractivity contribution in [2.24, 2.45) is 11.8 Å². The van der Waals surface area contributed by atoms with Crippen LogP contribution in [-0.2, 0) is 9.53 Å². The molecule has 1 aromatic carbocycles. The average Bonchev–Trinajstić information content (AvgIpc) is 2.81. The molecule has 2 aliphatic heterocycles. The van der Waals surface area contributed by atoms with Crippen molar-refractivity contribution in [3.8, 4) is 0 Å². The molecule has 1 atom stereocenters. The molecule has 8 heteroatoms. The first-order valence-corrected chi connectivity index (χ1v) is 12.2. The minimum atomic E-state index is -0.0935. The number of benzene rings is 1. The van der Waals surface area contributed by atoms with Gasteiger partial charge < -0.3 is 10.1 Å². The first kappa shape index (κ1) is 22.7. The fraction of sp³-hybridized carbons (Fsp3) is 0.500. The monoisotopic (exact) mass is 454 g/mol. The van der Waals surface area contributed by atoms with Gasteiger partial charge in [-0.2, -0.15) is 0 Å². The lowest BCUT2D eigenvalue weighted by molar-refractivity contribution is -0.147. The van der Waals surface area contributed by atoms with Crippen molar-refractivity contribution in [3.63, 3.8) is 0 Å². The van der Waals surface area contributed by atoms with Gasteiger partial charge in [-0.05, 0) is 63.7 Å². The Labute approximate surface area is 193 Å². The number of hydrogen-bond donors (Lipinski definition) is 1. The molecule has 1 fully saturated rings. The molecule has 0 amide bonds. The minimum Gasteiger partial charge on any atom is -0.466 e. The van der Waals surface area contributed by atoms with Gasteiger partial charge in [-0.15, -0.1) is 0 Å². The topological polar surface area (TPSA) is 84.4 Å². The van der Waals surface area contributed by atoms with E-state index in [1.54, 1.807) is 24.2 Å². The molecule has 2 aliphatic rings. The first-order chi connectivity index (χ1) is 15.5. The van der Waals surface area contributed by atoms with E-state index < -0.39 is 0 Å². The van der Waals surface area contributed by atoms with Crippen molar-refractivity contribution < 1.29 is 14.3 Å². The molecule has 1 aromatic heterocycles. The molecular weight excluding hydrogens is 424 g/mol. The van der Waals surface area contributed by atoms with Crippen molar-refractivity contribution in [2.45, 2.75) is 49.5 Å². The summed E-state index contributed by atoms with van der Waals surface area (Å²) in [5.74, 6) is 1.35. The van der Waals surface area contributed by atoms with Gasteiger partial charge in [-0.1, -0.05) is 24.8 Å². The summed E-state index contributed by atoms with van der Waals surface area (Å²) >= 11 is 1.56. The Balaban J connectivity index is 1.26. The number of hydrogen-bond acceptors (Lipinski definition) is 8. The van der Waals surface area contributed by atoms with E-state index in [0.717, 1.165) is 65.8 Å². The van der Waals surface area contributed by atoms with Crippen LogP contribution in [0.3, 0.4) is 0 Å². The lowest BCUT2D eigenvalue weighted by Crippen LogP contribution is -2.37. The second-order valence-corrected chi connectivity index (χ2v) is 9.55. The highest BCUT2D eigenvalue weighted by Gasteiger charge is 2.24. The molecule has 1 saturated heterocycles. The predicted octanol–water partition coefficient (Wildman–Crippen LogP) is 4.56. The van der Waals surface area contributed by atoms with Crippen molar-refractivity contribution in [2.75, 3.05) is 31.6 Å². The highest BCUT2D eigenvalue weighted by molar-refractivity contribution is 7.99. The Bertz CT molecular complexity index is 975. The molecule has 7 nitrogen and oxygen atoms in total. The van der Waals surface area contributed by atoms with Gasteiger partial charge in [0.1, 0.15) is 5.03 Å². The fourth-order valence-electron chi connectivity index (χ4n) is 4.22. The number of ether oxygens (including phenoxy) is 1. The number of piperidine rings is 1. The van der Waals surface area contributed by atoms with E-state index in [9.17, 15) is 9.59 Å². The van der Waals surface area contributed by atoms with Crippen LogP contribution in [0.2, 0.25) is 0 Å². The number of ketones is 1. The molecule has 1 N–H and O–H groups in total. The summed E-state index contributed by atoms with van der Waals surface area (Å²) in [5, 5.41) is 4.14. The second kappa shape index (κ2) is 10.4. The maximum absolute atomic E-state index is 12.9. The summed E-state index contributed by atoms with van der Waals surface area (Å²) in [7, 11) is 0. The van der Waals surface area contributed by atoms with Crippen LogP contribution in [0.5, 0.6) is 0 Å². The number of Topliss-reactive ketones (excluding diaryl/α,β-unsaturated/α-hetero) is 1. The number of rotatable bonds is 8. The molecule has 2 aromatic rings. The third-order valence-corrected chi connectivity index (χ3v) is 7.27. The summed E-state index contributed by atoms with van der Waals surface area (Å²) < 4.78 is 5.10. The lowest BCUT2D eigenvalue weighted by atomic mass is 9.89. The van der Waals surface area contributed by atoms with Crippen molar-refractivity contribution in [1.82, 2.24) is 14.9 Å². The quantitative estimate of drug-likeness (QED) is 0.392. The summed E-state index contributed by atoms with van der Waals surface area (Å²) in [6.45, 7) is 6.51. The van der Waals surface area contributed by atoms with Crippen molar-refractivity contribution in [3.05, 3.63) is 36.2 Å². The number of fused-ring (bicyclic) bond motifs is 2. The highest BCUT2D eigenvalue weighted by Crippen LogP contribution is 2.42. The van der Waals surface area contributed by atoms with Crippen LogP contribution in [0.4, 0.5) is 11.5 Å². The Morgan fingerprint density at radius 3 is 2.81 bits per heavy atom. The van der Waals surface area contributed by atoms with Gasteiger partial charge in [0.25, 0.3) is 0 Å². The zero-order valence-electron chi connectivity index (χ0n) is 18.7.